The molecule has 0 aliphatic rings. The van der Waals surface area contributed by atoms with Gasteiger partial charge in [-0.25, -0.2) is 23.1 Å². The number of nitrogens with one attached hydrogen (secondary N) is 1. The van der Waals surface area contributed by atoms with Crippen LogP contribution in [0.4, 0.5) is 11.6 Å². The summed E-state index contributed by atoms with van der Waals surface area (Å²) in [5.41, 5.74) is 7.42. The molecule has 0 amide bonds. The molecule has 0 aliphatic carbocycles. The Balaban J connectivity index is 0.00000200. The quantitative estimate of drug-likeness (QED) is 0.818. The van der Waals surface area contributed by atoms with Gasteiger partial charge in [0, 0.05) is 17.1 Å². The first-order valence-corrected chi connectivity index (χ1v) is 7.06. The lowest BCUT2D eigenvalue weighted by atomic mass is 10.3. The third kappa shape index (κ3) is 3.91. The van der Waals surface area contributed by atoms with Gasteiger partial charge in [-0.1, -0.05) is 0 Å². The van der Waals surface area contributed by atoms with Crippen LogP contribution >= 0.6 is 17.0 Å². The van der Waals surface area contributed by atoms with Gasteiger partial charge >= 0.3 is 0 Å². The summed E-state index contributed by atoms with van der Waals surface area (Å²) < 4.78 is 26.6. The van der Waals surface area contributed by atoms with E-state index in [1.54, 1.807) is 19.9 Å². The fraction of sp³-hybridized carbons (Fsp3) is 0.167. The maximum Gasteiger partial charge on any atom is 0.264 e. The Kier molecular flexibility index (Phi) is 5.07. The summed E-state index contributed by atoms with van der Waals surface area (Å²) in [6.07, 6.45) is 0. The molecular formula is C12H15BrN4O2S. The number of hydrogen-bond acceptors (Lipinski definition) is 5. The lowest BCUT2D eigenvalue weighted by Gasteiger charge is -2.08. The fourth-order valence-corrected chi connectivity index (χ4v) is 2.54. The Labute approximate surface area is 128 Å². The zero-order valence-electron chi connectivity index (χ0n) is 11.0. The van der Waals surface area contributed by atoms with Gasteiger partial charge in [-0.05, 0) is 44.2 Å². The number of benzene rings is 1. The third-order valence-corrected chi connectivity index (χ3v) is 3.74. The van der Waals surface area contributed by atoms with E-state index in [9.17, 15) is 8.42 Å². The molecule has 3 N–H and O–H groups in total. The summed E-state index contributed by atoms with van der Waals surface area (Å²) in [6.45, 7) is 3.55. The number of rotatable bonds is 3. The number of sulfonamides is 1. The second-order valence-corrected chi connectivity index (χ2v) is 5.83. The van der Waals surface area contributed by atoms with E-state index < -0.39 is 10.0 Å². The van der Waals surface area contributed by atoms with Crippen molar-refractivity contribution >= 4 is 38.6 Å². The Bertz CT molecular complexity index is 682. The Morgan fingerprint density at radius 1 is 1.05 bits per heavy atom. The Hall–Kier alpha value is -1.67. The van der Waals surface area contributed by atoms with Crippen LogP contribution in [0.3, 0.4) is 0 Å². The van der Waals surface area contributed by atoms with E-state index in [0.29, 0.717) is 17.1 Å². The highest BCUT2D eigenvalue weighted by Crippen LogP contribution is 2.15. The number of halogens is 1. The number of anilines is 2. The van der Waals surface area contributed by atoms with Crippen molar-refractivity contribution in [1.29, 1.82) is 0 Å². The van der Waals surface area contributed by atoms with E-state index in [1.165, 1.54) is 24.3 Å². The minimum absolute atomic E-state index is 0. The first-order chi connectivity index (χ1) is 8.87. The molecule has 0 radical (unpaired) electrons. The summed E-state index contributed by atoms with van der Waals surface area (Å²) in [7, 11) is -3.69. The maximum atomic E-state index is 12.1. The van der Waals surface area contributed by atoms with Gasteiger partial charge in [0.2, 0.25) is 5.95 Å². The van der Waals surface area contributed by atoms with E-state index in [2.05, 4.69) is 14.7 Å². The molecule has 0 saturated heterocycles. The molecule has 0 fully saturated rings. The van der Waals surface area contributed by atoms with Gasteiger partial charge in [0.25, 0.3) is 10.0 Å². The molecule has 1 heterocycles. The largest absolute Gasteiger partial charge is 0.399 e. The zero-order valence-corrected chi connectivity index (χ0v) is 13.5. The monoisotopic (exact) mass is 358 g/mol. The first-order valence-electron chi connectivity index (χ1n) is 5.57. The number of aryl methyl sites for hydroxylation is 2. The third-order valence-electron chi connectivity index (χ3n) is 2.40. The molecule has 0 aliphatic heterocycles. The fourth-order valence-electron chi connectivity index (χ4n) is 1.60. The molecule has 2 rings (SSSR count). The van der Waals surface area contributed by atoms with Crippen molar-refractivity contribution < 1.29 is 8.42 Å². The molecule has 20 heavy (non-hydrogen) atoms. The van der Waals surface area contributed by atoms with Crippen molar-refractivity contribution in [3.8, 4) is 0 Å². The molecule has 1 aromatic carbocycles. The minimum atomic E-state index is -3.69. The number of nitrogen functional groups attached to an aromatic ring is 1. The lowest BCUT2D eigenvalue weighted by molar-refractivity contribution is 0.601. The number of nitrogens with zero attached hydrogens (tertiary/aromatic N) is 2. The van der Waals surface area contributed by atoms with Gasteiger partial charge in [-0.3, -0.25) is 0 Å². The van der Waals surface area contributed by atoms with Crippen molar-refractivity contribution in [2.75, 3.05) is 10.5 Å². The summed E-state index contributed by atoms with van der Waals surface area (Å²) in [6, 6.07) is 7.68. The first kappa shape index (κ1) is 16.4. The molecule has 8 heteroatoms. The van der Waals surface area contributed by atoms with Crippen LogP contribution in [0.1, 0.15) is 11.4 Å². The van der Waals surface area contributed by atoms with Crippen molar-refractivity contribution in [2.24, 2.45) is 0 Å². The zero-order chi connectivity index (χ0) is 14.0. The smallest absolute Gasteiger partial charge is 0.264 e. The van der Waals surface area contributed by atoms with Crippen LogP contribution < -0.4 is 10.5 Å². The van der Waals surface area contributed by atoms with Crippen LogP contribution in [0.5, 0.6) is 0 Å². The highest BCUT2D eigenvalue weighted by molar-refractivity contribution is 8.93. The molecule has 108 valence electrons. The van der Waals surface area contributed by atoms with Gasteiger partial charge in [0.15, 0.2) is 0 Å². The van der Waals surface area contributed by atoms with Gasteiger partial charge in [-0.15, -0.1) is 17.0 Å². The second kappa shape index (κ2) is 6.19. The average Bonchev–Trinajstić information content (AvgIpc) is 2.27. The highest BCUT2D eigenvalue weighted by atomic mass is 79.9. The second-order valence-electron chi connectivity index (χ2n) is 4.15. The van der Waals surface area contributed by atoms with Crippen molar-refractivity contribution in [1.82, 2.24) is 9.97 Å². The van der Waals surface area contributed by atoms with E-state index in [-0.39, 0.29) is 27.8 Å². The van der Waals surface area contributed by atoms with E-state index in [0.717, 1.165) is 0 Å². The van der Waals surface area contributed by atoms with Crippen LogP contribution in [0, 0.1) is 13.8 Å². The van der Waals surface area contributed by atoms with Gasteiger partial charge in [0.1, 0.15) is 0 Å². The van der Waals surface area contributed by atoms with Crippen LogP contribution in [0.2, 0.25) is 0 Å². The van der Waals surface area contributed by atoms with Gasteiger partial charge in [-0.2, -0.15) is 0 Å². The normalized spacial score (nSPS) is 10.7. The summed E-state index contributed by atoms with van der Waals surface area (Å²) in [5.74, 6) is 0.0642. The number of nitrogens with two attached hydrogens (primary N) is 1. The summed E-state index contributed by atoms with van der Waals surface area (Å²) in [4.78, 5) is 8.19. The highest BCUT2D eigenvalue weighted by Gasteiger charge is 2.15. The van der Waals surface area contributed by atoms with Gasteiger partial charge < -0.3 is 5.73 Å². The van der Waals surface area contributed by atoms with Crippen molar-refractivity contribution in [3.63, 3.8) is 0 Å². The maximum absolute atomic E-state index is 12.1. The SMILES string of the molecule is Br.Cc1cc(C)nc(NS(=O)(=O)c2ccc(N)cc2)n1. The summed E-state index contributed by atoms with van der Waals surface area (Å²) >= 11 is 0. The lowest BCUT2D eigenvalue weighted by Crippen LogP contribution is -2.15. The van der Waals surface area contributed by atoms with Crippen molar-refractivity contribution in [3.05, 3.63) is 41.7 Å². The van der Waals surface area contributed by atoms with E-state index >= 15 is 0 Å². The van der Waals surface area contributed by atoms with Crippen LogP contribution in [-0.2, 0) is 10.0 Å². The molecule has 0 spiro atoms. The average molecular weight is 359 g/mol. The molecule has 6 nitrogen and oxygen atoms in total. The summed E-state index contributed by atoms with van der Waals surface area (Å²) in [5, 5.41) is 0. The van der Waals surface area contributed by atoms with Gasteiger partial charge in [0.05, 0.1) is 4.90 Å². The molecule has 0 bridgehead atoms. The predicted octanol–water partition coefficient (Wildman–Crippen LogP) is 2.05. The molecule has 0 atom stereocenters. The Morgan fingerprint density at radius 3 is 2.05 bits per heavy atom. The molecule has 0 unspecified atom stereocenters. The molecule has 0 saturated carbocycles. The van der Waals surface area contributed by atoms with E-state index in [1.807, 2.05) is 0 Å². The number of aromatic nitrogens is 2. The van der Waals surface area contributed by atoms with Crippen molar-refractivity contribution in [2.45, 2.75) is 18.7 Å². The topological polar surface area (TPSA) is 98.0 Å². The van der Waals surface area contributed by atoms with Crippen LogP contribution in [0.15, 0.2) is 35.2 Å². The Morgan fingerprint density at radius 2 is 1.55 bits per heavy atom. The van der Waals surface area contributed by atoms with Crippen LogP contribution in [0.25, 0.3) is 0 Å². The molecule has 2 aromatic rings. The number of hydrogen-bond donors (Lipinski definition) is 2. The van der Waals surface area contributed by atoms with Crippen LogP contribution in [-0.4, -0.2) is 18.4 Å². The standard InChI is InChI=1S/C12H14N4O2S.BrH/c1-8-7-9(2)15-12(14-8)16-19(17,18)11-5-3-10(13)4-6-11;/h3-7H,13H2,1-2H3,(H,14,15,16);1H. The predicted molar refractivity (Wildman–Crippen MR) is 83.5 cm³/mol. The molecular weight excluding hydrogens is 344 g/mol. The molecule has 1 aromatic heterocycles. The van der Waals surface area contributed by atoms with E-state index in [4.69, 9.17) is 5.73 Å². The minimum Gasteiger partial charge on any atom is -0.399 e.